The van der Waals surface area contributed by atoms with Crippen LogP contribution in [0, 0.1) is 5.92 Å². The van der Waals surface area contributed by atoms with Gasteiger partial charge in [0, 0.05) is 12.1 Å². The smallest absolute Gasteiger partial charge is 0.118 e. The van der Waals surface area contributed by atoms with Crippen LogP contribution in [0.2, 0.25) is 0 Å². The summed E-state index contributed by atoms with van der Waals surface area (Å²) < 4.78 is 5.28. The van der Waals surface area contributed by atoms with Gasteiger partial charge in [-0.3, -0.25) is 4.90 Å². The highest BCUT2D eigenvalue weighted by Crippen LogP contribution is 2.35. The highest BCUT2D eigenvalue weighted by molar-refractivity contribution is 5.30. The molecule has 0 amide bonds. The summed E-state index contributed by atoms with van der Waals surface area (Å²) in [4.78, 5) is 2.64. The lowest BCUT2D eigenvalue weighted by Gasteiger charge is -2.38. The standard InChI is InChI=1S/C18H30N2O/c1-5-16(19)18(14-8-10-15(21-4)11-9-14)20-12-6-7-17(20)13(2)3/h8-11,13,16-18H,5-7,12,19H2,1-4H3. The van der Waals surface area contributed by atoms with Crippen molar-refractivity contribution in [2.45, 2.75) is 58.2 Å². The Morgan fingerprint density at radius 1 is 1.29 bits per heavy atom. The highest BCUT2D eigenvalue weighted by Gasteiger charge is 2.35. The number of methoxy groups -OCH3 is 1. The van der Waals surface area contributed by atoms with Crippen molar-refractivity contribution in [2.75, 3.05) is 13.7 Å². The first-order valence-corrected chi connectivity index (χ1v) is 8.23. The minimum atomic E-state index is 0.178. The van der Waals surface area contributed by atoms with E-state index in [2.05, 4.69) is 37.8 Å². The van der Waals surface area contributed by atoms with Gasteiger partial charge in [-0.1, -0.05) is 32.9 Å². The third-order valence-corrected chi connectivity index (χ3v) is 4.80. The second-order valence-electron chi connectivity index (χ2n) is 6.48. The number of likely N-dealkylation sites (tertiary alicyclic amines) is 1. The molecule has 1 saturated heterocycles. The largest absolute Gasteiger partial charge is 0.497 e. The van der Waals surface area contributed by atoms with Crippen LogP contribution in [0.25, 0.3) is 0 Å². The summed E-state index contributed by atoms with van der Waals surface area (Å²) in [6, 6.07) is 9.59. The van der Waals surface area contributed by atoms with Crippen molar-refractivity contribution in [1.82, 2.24) is 4.90 Å². The van der Waals surface area contributed by atoms with Gasteiger partial charge in [0.2, 0.25) is 0 Å². The van der Waals surface area contributed by atoms with Crippen LogP contribution in [0.3, 0.4) is 0 Å². The summed E-state index contributed by atoms with van der Waals surface area (Å²) in [5.74, 6) is 1.58. The van der Waals surface area contributed by atoms with E-state index in [0.717, 1.165) is 18.7 Å². The van der Waals surface area contributed by atoms with Gasteiger partial charge in [0.1, 0.15) is 5.75 Å². The summed E-state index contributed by atoms with van der Waals surface area (Å²) in [7, 11) is 1.71. The Balaban J connectivity index is 2.29. The molecule has 2 rings (SSSR count). The molecule has 3 unspecified atom stereocenters. The number of ether oxygens (including phenoxy) is 1. The van der Waals surface area contributed by atoms with E-state index in [-0.39, 0.29) is 6.04 Å². The summed E-state index contributed by atoms with van der Waals surface area (Å²) >= 11 is 0. The Morgan fingerprint density at radius 2 is 1.95 bits per heavy atom. The third-order valence-electron chi connectivity index (χ3n) is 4.80. The third kappa shape index (κ3) is 3.58. The number of hydrogen-bond donors (Lipinski definition) is 1. The summed E-state index contributed by atoms with van der Waals surface area (Å²) in [5.41, 5.74) is 7.81. The zero-order valence-corrected chi connectivity index (χ0v) is 13.9. The number of benzene rings is 1. The molecule has 0 bridgehead atoms. The van der Waals surface area contributed by atoms with Crippen LogP contribution in [0.1, 0.15) is 51.6 Å². The van der Waals surface area contributed by atoms with E-state index in [1.54, 1.807) is 7.11 Å². The van der Waals surface area contributed by atoms with Gasteiger partial charge < -0.3 is 10.5 Å². The van der Waals surface area contributed by atoms with Crippen LogP contribution in [0.15, 0.2) is 24.3 Å². The number of nitrogens with two attached hydrogens (primary N) is 1. The highest BCUT2D eigenvalue weighted by atomic mass is 16.5. The number of nitrogens with zero attached hydrogens (tertiary/aromatic N) is 1. The van der Waals surface area contributed by atoms with Gasteiger partial charge in [0.05, 0.1) is 13.2 Å². The van der Waals surface area contributed by atoms with Gasteiger partial charge in [-0.05, 0) is 49.4 Å². The fourth-order valence-corrected chi connectivity index (χ4v) is 3.59. The van der Waals surface area contributed by atoms with E-state index >= 15 is 0 Å². The molecule has 3 atom stereocenters. The summed E-state index contributed by atoms with van der Waals surface area (Å²) in [5, 5.41) is 0. The molecule has 1 aromatic rings. The average Bonchev–Trinajstić information content (AvgIpc) is 2.97. The molecule has 1 fully saturated rings. The molecule has 21 heavy (non-hydrogen) atoms. The quantitative estimate of drug-likeness (QED) is 0.870. The van der Waals surface area contributed by atoms with Crippen molar-refractivity contribution in [2.24, 2.45) is 11.7 Å². The normalized spacial score (nSPS) is 22.5. The predicted molar refractivity (Wildman–Crippen MR) is 88.6 cm³/mol. The minimum absolute atomic E-state index is 0.178. The Labute approximate surface area is 129 Å². The maximum Gasteiger partial charge on any atom is 0.118 e. The van der Waals surface area contributed by atoms with Gasteiger partial charge in [-0.2, -0.15) is 0 Å². The fraction of sp³-hybridized carbons (Fsp3) is 0.667. The second kappa shape index (κ2) is 7.28. The van der Waals surface area contributed by atoms with Crippen molar-refractivity contribution in [3.63, 3.8) is 0 Å². The molecule has 1 heterocycles. The molecule has 0 spiro atoms. The molecule has 1 aliphatic heterocycles. The zero-order chi connectivity index (χ0) is 15.4. The zero-order valence-electron chi connectivity index (χ0n) is 13.9. The summed E-state index contributed by atoms with van der Waals surface area (Å²) in [6.45, 7) is 7.99. The van der Waals surface area contributed by atoms with Crippen LogP contribution in [0.5, 0.6) is 5.75 Å². The molecular weight excluding hydrogens is 260 g/mol. The van der Waals surface area contributed by atoms with E-state index in [1.165, 1.54) is 18.4 Å². The molecule has 118 valence electrons. The number of rotatable bonds is 6. The van der Waals surface area contributed by atoms with Gasteiger partial charge in [0.15, 0.2) is 0 Å². The molecule has 0 aromatic heterocycles. The van der Waals surface area contributed by atoms with Crippen LogP contribution in [0.4, 0.5) is 0 Å². The van der Waals surface area contributed by atoms with Gasteiger partial charge >= 0.3 is 0 Å². The molecule has 3 nitrogen and oxygen atoms in total. The maximum absolute atomic E-state index is 6.49. The predicted octanol–water partition coefficient (Wildman–Crippen LogP) is 3.59. The molecule has 0 radical (unpaired) electrons. The first-order chi connectivity index (χ1) is 10.1. The molecule has 1 aromatic carbocycles. The van der Waals surface area contributed by atoms with Crippen molar-refractivity contribution < 1.29 is 4.74 Å². The fourth-order valence-electron chi connectivity index (χ4n) is 3.59. The monoisotopic (exact) mass is 290 g/mol. The van der Waals surface area contributed by atoms with Crippen LogP contribution in [-0.2, 0) is 0 Å². The lowest BCUT2D eigenvalue weighted by atomic mass is 9.93. The lowest BCUT2D eigenvalue weighted by Crippen LogP contribution is -2.44. The molecule has 0 aliphatic carbocycles. The van der Waals surface area contributed by atoms with E-state index in [9.17, 15) is 0 Å². The SMILES string of the molecule is CCC(N)C(c1ccc(OC)cc1)N1CCCC1C(C)C. The topological polar surface area (TPSA) is 38.5 Å². The van der Waals surface area contributed by atoms with E-state index in [1.807, 2.05) is 12.1 Å². The van der Waals surface area contributed by atoms with Crippen LogP contribution >= 0.6 is 0 Å². The van der Waals surface area contributed by atoms with E-state index < -0.39 is 0 Å². The Hall–Kier alpha value is -1.06. The molecule has 1 aliphatic rings. The van der Waals surface area contributed by atoms with Crippen LogP contribution < -0.4 is 10.5 Å². The van der Waals surface area contributed by atoms with Crippen LogP contribution in [-0.4, -0.2) is 30.6 Å². The molecule has 0 saturated carbocycles. The lowest BCUT2D eigenvalue weighted by molar-refractivity contribution is 0.125. The Bertz CT molecular complexity index is 429. The number of hydrogen-bond acceptors (Lipinski definition) is 3. The van der Waals surface area contributed by atoms with E-state index in [4.69, 9.17) is 10.5 Å². The van der Waals surface area contributed by atoms with Crippen molar-refractivity contribution in [3.05, 3.63) is 29.8 Å². The molecular formula is C18H30N2O. The molecule has 2 N–H and O–H groups in total. The Kier molecular flexibility index (Phi) is 5.65. The molecule has 3 heteroatoms. The van der Waals surface area contributed by atoms with Gasteiger partial charge in [-0.15, -0.1) is 0 Å². The Morgan fingerprint density at radius 3 is 2.48 bits per heavy atom. The van der Waals surface area contributed by atoms with Crippen molar-refractivity contribution in [1.29, 1.82) is 0 Å². The van der Waals surface area contributed by atoms with Crippen molar-refractivity contribution in [3.8, 4) is 5.75 Å². The second-order valence-corrected chi connectivity index (χ2v) is 6.48. The first kappa shape index (κ1) is 16.3. The summed E-state index contributed by atoms with van der Waals surface area (Å²) in [6.07, 6.45) is 3.57. The first-order valence-electron chi connectivity index (χ1n) is 8.23. The minimum Gasteiger partial charge on any atom is -0.497 e. The van der Waals surface area contributed by atoms with Gasteiger partial charge in [-0.25, -0.2) is 0 Å². The van der Waals surface area contributed by atoms with E-state index in [0.29, 0.717) is 18.0 Å². The maximum atomic E-state index is 6.49. The van der Waals surface area contributed by atoms with Gasteiger partial charge in [0.25, 0.3) is 0 Å². The average molecular weight is 290 g/mol. The van der Waals surface area contributed by atoms with Crippen molar-refractivity contribution >= 4 is 0 Å².